The van der Waals surface area contributed by atoms with E-state index < -0.39 is 28.4 Å². The number of amides is 2. The molecule has 3 rings (SSSR count). The fraction of sp³-hybridized carbons (Fsp3) is 0.0833. The van der Waals surface area contributed by atoms with Crippen molar-refractivity contribution >= 4 is 47.1 Å². The second kappa shape index (κ2) is 12.0. The summed E-state index contributed by atoms with van der Waals surface area (Å²) in [5.74, 6) is -2.35. The second-order valence-corrected chi connectivity index (χ2v) is 7.96. The topological polar surface area (TPSA) is 149 Å². The molecule has 2 amide bonds. The van der Waals surface area contributed by atoms with Crippen LogP contribution in [-0.4, -0.2) is 36.0 Å². The third kappa shape index (κ3) is 6.61. The Labute approximate surface area is 209 Å². The van der Waals surface area contributed by atoms with Gasteiger partial charge in [0.15, 0.2) is 5.75 Å². The zero-order chi connectivity index (χ0) is 26.1. The van der Waals surface area contributed by atoms with Gasteiger partial charge in [0, 0.05) is 17.4 Å². The maximum absolute atomic E-state index is 12.8. The summed E-state index contributed by atoms with van der Waals surface area (Å²) in [5.41, 5.74) is 1.98. The van der Waals surface area contributed by atoms with Crippen LogP contribution in [-0.2, 0) is 9.59 Å². The van der Waals surface area contributed by atoms with Crippen molar-refractivity contribution < 1.29 is 28.8 Å². The highest BCUT2D eigenvalue weighted by atomic mass is 32.1. The van der Waals surface area contributed by atoms with Crippen molar-refractivity contribution in [2.24, 2.45) is 5.10 Å². The summed E-state index contributed by atoms with van der Waals surface area (Å²) in [7, 11) is 1.19. The second-order valence-electron chi connectivity index (χ2n) is 6.98. The van der Waals surface area contributed by atoms with E-state index in [1.54, 1.807) is 42.5 Å². The van der Waals surface area contributed by atoms with Crippen LogP contribution in [0.1, 0.15) is 27.7 Å². The van der Waals surface area contributed by atoms with Gasteiger partial charge in [-0.05, 0) is 41.8 Å². The Morgan fingerprint density at radius 1 is 1.08 bits per heavy atom. The molecule has 1 aromatic heterocycles. The molecular weight excluding hydrogens is 488 g/mol. The van der Waals surface area contributed by atoms with Crippen LogP contribution >= 0.6 is 11.3 Å². The average Bonchev–Trinajstić information content (AvgIpc) is 3.37. The molecule has 0 atom stereocenters. The lowest BCUT2D eigenvalue weighted by Crippen LogP contribution is -2.32. The van der Waals surface area contributed by atoms with Crippen molar-refractivity contribution in [2.45, 2.75) is 6.92 Å². The van der Waals surface area contributed by atoms with Crippen LogP contribution in [0.5, 0.6) is 11.5 Å². The molecule has 0 saturated heterocycles. The smallest absolute Gasteiger partial charge is 0.323 e. The number of methoxy groups -OCH3 is 1. The number of nitro benzene ring substituents is 1. The molecule has 0 aliphatic carbocycles. The van der Waals surface area contributed by atoms with Gasteiger partial charge in [-0.3, -0.25) is 24.5 Å². The molecule has 2 N–H and O–H groups in total. The van der Waals surface area contributed by atoms with Crippen LogP contribution < -0.4 is 20.2 Å². The summed E-state index contributed by atoms with van der Waals surface area (Å²) in [6.07, 6.45) is 2.52. The summed E-state index contributed by atoms with van der Waals surface area (Å²) in [6, 6.07) is 14.5. The van der Waals surface area contributed by atoms with Crippen molar-refractivity contribution in [1.29, 1.82) is 0 Å². The maximum Gasteiger partial charge on any atom is 0.323 e. The van der Waals surface area contributed by atoms with Gasteiger partial charge in [0.2, 0.25) is 5.75 Å². The van der Waals surface area contributed by atoms with Gasteiger partial charge in [-0.1, -0.05) is 24.3 Å². The summed E-state index contributed by atoms with van der Waals surface area (Å²) >= 11 is 1.36. The Morgan fingerprint density at radius 3 is 2.44 bits per heavy atom. The third-order valence-corrected chi connectivity index (χ3v) is 5.31. The number of hydrogen-bond donors (Lipinski definition) is 2. The number of nitro groups is 1. The van der Waals surface area contributed by atoms with Gasteiger partial charge in [-0.2, -0.15) is 5.10 Å². The largest absolute Gasteiger partial charge is 0.488 e. The van der Waals surface area contributed by atoms with Gasteiger partial charge in [-0.25, -0.2) is 5.43 Å². The van der Waals surface area contributed by atoms with Crippen LogP contribution in [0.3, 0.4) is 0 Å². The lowest BCUT2D eigenvalue weighted by Gasteiger charge is -2.10. The molecule has 0 radical (unpaired) electrons. The van der Waals surface area contributed by atoms with Crippen molar-refractivity contribution in [3.05, 3.63) is 91.8 Å². The minimum absolute atomic E-state index is 0.0230. The highest BCUT2D eigenvalue weighted by Crippen LogP contribution is 2.39. The van der Waals surface area contributed by atoms with Crippen molar-refractivity contribution in [2.75, 3.05) is 7.11 Å². The number of benzene rings is 2. The van der Waals surface area contributed by atoms with Crippen LogP contribution in [0.15, 0.2) is 70.8 Å². The number of carbonyl (C=O) groups is 3. The van der Waals surface area contributed by atoms with E-state index in [1.807, 2.05) is 5.38 Å². The quantitative estimate of drug-likeness (QED) is 0.112. The summed E-state index contributed by atoms with van der Waals surface area (Å²) in [4.78, 5) is 48.3. The first-order chi connectivity index (χ1) is 17.3. The molecule has 0 bridgehead atoms. The van der Waals surface area contributed by atoms with Gasteiger partial charge in [0.1, 0.15) is 5.70 Å². The molecule has 0 aliphatic rings. The molecule has 0 saturated carbocycles. The predicted octanol–water partition coefficient (Wildman–Crippen LogP) is 3.51. The van der Waals surface area contributed by atoms with Crippen LogP contribution in [0.2, 0.25) is 0 Å². The summed E-state index contributed by atoms with van der Waals surface area (Å²) in [6.45, 7) is 1.15. The normalized spacial score (nSPS) is 11.1. The number of nitrogens with one attached hydrogen (secondary N) is 2. The summed E-state index contributed by atoms with van der Waals surface area (Å²) in [5, 5.41) is 19.8. The fourth-order valence-corrected chi connectivity index (χ4v) is 3.63. The molecule has 0 aliphatic heterocycles. The van der Waals surface area contributed by atoms with Gasteiger partial charge in [-0.15, -0.1) is 11.3 Å². The number of hydrogen-bond acceptors (Lipinski definition) is 9. The molecule has 12 heteroatoms. The molecule has 36 heavy (non-hydrogen) atoms. The first kappa shape index (κ1) is 25.8. The summed E-state index contributed by atoms with van der Waals surface area (Å²) < 4.78 is 10.0. The Hall–Kier alpha value is -4.84. The molecule has 0 spiro atoms. The Morgan fingerprint density at radius 2 is 1.83 bits per heavy atom. The van der Waals surface area contributed by atoms with E-state index in [1.165, 1.54) is 36.7 Å². The molecule has 184 valence electrons. The van der Waals surface area contributed by atoms with Crippen LogP contribution in [0.4, 0.5) is 5.69 Å². The van der Waals surface area contributed by atoms with E-state index in [-0.39, 0.29) is 22.8 Å². The highest BCUT2D eigenvalue weighted by Gasteiger charge is 2.25. The van der Waals surface area contributed by atoms with E-state index in [0.29, 0.717) is 10.4 Å². The number of ether oxygens (including phenoxy) is 2. The molecule has 2 aromatic carbocycles. The molecular formula is C24H20N4O7S. The lowest BCUT2D eigenvalue weighted by molar-refractivity contribution is -0.385. The zero-order valence-electron chi connectivity index (χ0n) is 19.1. The van der Waals surface area contributed by atoms with E-state index in [4.69, 9.17) is 9.47 Å². The fourth-order valence-electron chi connectivity index (χ4n) is 2.97. The van der Waals surface area contributed by atoms with Crippen LogP contribution in [0.25, 0.3) is 6.08 Å². The molecule has 1 heterocycles. The van der Waals surface area contributed by atoms with Crippen molar-refractivity contribution in [3.63, 3.8) is 0 Å². The van der Waals surface area contributed by atoms with E-state index in [2.05, 4.69) is 15.8 Å². The molecule has 11 nitrogen and oxygen atoms in total. The number of esters is 1. The number of rotatable bonds is 9. The van der Waals surface area contributed by atoms with Crippen molar-refractivity contribution in [1.82, 2.24) is 10.7 Å². The minimum atomic E-state index is -0.755. The number of nitrogens with zero attached hydrogens (tertiary/aromatic N) is 2. The van der Waals surface area contributed by atoms with Crippen molar-refractivity contribution in [3.8, 4) is 11.5 Å². The predicted molar refractivity (Wildman–Crippen MR) is 133 cm³/mol. The van der Waals surface area contributed by atoms with Gasteiger partial charge < -0.3 is 14.8 Å². The average molecular weight is 509 g/mol. The Balaban J connectivity index is 1.85. The number of carbonyl (C=O) groups excluding carboxylic acids is 3. The molecule has 3 aromatic rings. The number of hydrazone groups is 1. The minimum Gasteiger partial charge on any atom is -0.488 e. The third-order valence-electron chi connectivity index (χ3n) is 4.50. The maximum atomic E-state index is 12.8. The van der Waals surface area contributed by atoms with Gasteiger partial charge >= 0.3 is 11.7 Å². The zero-order valence-corrected chi connectivity index (χ0v) is 19.9. The number of thiophene rings is 1. The van der Waals surface area contributed by atoms with Crippen LogP contribution in [0, 0.1) is 10.1 Å². The standard InChI is InChI=1S/C24H20N4O7S/c1-15(29)35-20-11-10-17(21(28(32)33)22(20)34-2)14-25-27-24(31)19(13-18-9-6-12-36-18)26-23(30)16-7-4-3-5-8-16/h3-14H,1-2H3,(H,26,30)(H,27,31)/b19-13-,25-14-. The lowest BCUT2D eigenvalue weighted by atomic mass is 10.1. The van der Waals surface area contributed by atoms with Gasteiger partial charge in [0.05, 0.1) is 23.8 Å². The van der Waals surface area contributed by atoms with E-state index >= 15 is 0 Å². The van der Waals surface area contributed by atoms with E-state index in [9.17, 15) is 24.5 Å². The van der Waals surface area contributed by atoms with E-state index in [0.717, 1.165) is 13.1 Å². The SMILES string of the molecule is COc1c(OC(C)=O)ccc(/C=N\NC(=O)/C(=C/c2cccs2)NC(=O)c2ccccc2)c1[N+](=O)[O-]. The monoisotopic (exact) mass is 508 g/mol. The first-order valence-corrected chi connectivity index (χ1v) is 11.2. The Bertz CT molecular complexity index is 1340. The van der Waals surface area contributed by atoms with Gasteiger partial charge in [0.25, 0.3) is 11.8 Å². The molecule has 0 fully saturated rings. The Kier molecular flexibility index (Phi) is 8.62. The highest BCUT2D eigenvalue weighted by molar-refractivity contribution is 7.10. The molecule has 0 unspecified atom stereocenters. The first-order valence-electron chi connectivity index (χ1n) is 10.3.